The maximum Gasteiger partial charge on any atom is 0.164 e. The van der Waals surface area contributed by atoms with E-state index in [-0.39, 0.29) is 0 Å². The highest BCUT2D eigenvalue weighted by molar-refractivity contribution is 6.25. The number of benzene rings is 24. The number of hydrogen-bond donors (Lipinski definition) is 0. The van der Waals surface area contributed by atoms with Gasteiger partial charge in [-0.25, -0.2) is 29.9 Å². The van der Waals surface area contributed by atoms with Crippen LogP contribution in [0.5, 0.6) is 0 Å². The number of nitrogens with zero attached hydrogens (tertiary/aromatic N) is 10. The normalized spacial score (nSPS) is 12.0. The van der Waals surface area contributed by atoms with Crippen LogP contribution in [0.4, 0.5) is 0 Å². The van der Waals surface area contributed by atoms with Crippen molar-refractivity contribution in [3.63, 3.8) is 0 Å². The topological polar surface area (TPSA) is 97.1 Å². The van der Waals surface area contributed by atoms with Crippen molar-refractivity contribution < 1.29 is 0 Å². The van der Waals surface area contributed by atoms with E-state index in [0.29, 0.717) is 34.9 Å². The van der Waals surface area contributed by atoms with Gasteiger partial charge < -0.3 is 18.3 Å². The molecule has 24 aromatic carbocycles. The summed E-state index contributed by atoms with van der Waals surface area (Å²) in [4.78, 5) is 31.7. The molecule has 140 heavy (non-hydrogen) atoms. The highest BCUT2D eigenvalue weighted by Gasteiger charge is 2.27. The van der Waals surface area contributed by atoms with E-state index in [1.165, 1.54) is 141 Å². The van der Waals surface area contributed by atoms with Gasteiger partial charge in [-0.05, 0) is 206 Å². The SMILES string of the molecule is c1ccc(-c2nc(-c3ccc(-n4c5ccccc5c5cc6cccc(-n7c8ccccc8c8c9ccccc9ccc87)c6cc54)c4ccccc34)nc(-c3cc4ccccc4c4ccccc34)n2)cc1.c1ccc(-c2nc(-c3ccc4ccc5ccccc5c4c3)nc(-c3cccc4ccc(-n5c6cc(-n7c8ccccc8c8c9ccccc9ccc87)ccc6c6cc7ccccc7cc65)cc34)n2)cc1. The number of fused-ring (bicyclic) bond motifs is 26. The third kappa shape index (κ3) is 12.4. The second kappa shape index (κ2) is 31.4. The van der Waals surface area contributed by atoms with E-state index in [0.717, 1.165) is 111 Å². The van der Waals surface area contributed by atoms with Crippen molar-refractivity contribution in [2.75, 3.05) is 0 Å². The molecule has 0 unspecified atom stereocenters. The molecule has 0 aliphatic heterocycles. The van der Waals surface area contributed by atoms with Crippen LogP contribution in [0.3, 0.4) is 0 Å². The van der Waals surface area contributed by atoms with E-state index in [4.69, 9.17) is 29.9 Å². The Bertz CT molecular complexity index is 10500. The standard InChI is InChI=1S/2C65H39N5/c1-2-18-41(19-3-1)63-66-64(68-65(67-63)55-38-42-20-5-6-22-44(42)46-24-8-9-25-47(46)55)51-34-36-59(49-27-11-10-26-48(49)51)70-56-30-14-12-28-50(56)54-37-43-21-16-32-58(53(43)39-61(54)70)69-57-31-15-13-29-52(57)62-45-23-7-4-17-40(45)33-35-60(62)69;1-2-15-44(16-3-1)63-66-64(47-28-27-43-26-25-40-13-6-8-20-50(40)55(43)36-47)68-65(67-63)53-23-12-19-42-29-31-48(38-56(42)53)70-60-37-46-18-5-4-17-45(46)35-57(60)52-33-32-49(39-61(52)70)69-58-24-11-10-22-54(58)62-51-21-9-7-14-41(51)30-34-59(62)69/h2*1-39H. The van der Waals surface area contributed by atoms with Gasteiger partial charge in [-0.15, -0.1) is 0 Å². The zero-order valence-corrected chi connectivity index (χ0v) is 75.5. The molecule has 0 radical (unpaired) electrons. The Morgan fingerprint density at radius 3 is 1.16 bits per heavy atom. The van der Waals surface area contributed by atoms with Crippen molar-refractivity contribution in [1.82, 2.24) is 48.2 Å². The molecule has 0 N–H and O–H groups in total. The van der Waals surface area contributed by atoms with E-state index in [1.54, 1.807) is 0 Å². The molecule has 0 saturated carbocycles. The lowest BCUT2D eigenvalue weighted by molar-refractivity contribution is 1.08. The Balaban J connectivity index is 0.000000134. The minimum Gasteiger partial charge on any atom is -0.309 e. The molecule has 0 bridgehead atoms. The van der Waals surface area contributed by atoms with E-state index in [9.17, 15) is 0 Å². The van der Waals surface area contributed by atoms with Crippen LogP contribution in [0.2, 0.25) is 0 Å². The first-order chi connectivity index (χ1) is 69.4. The second-order valence-corrected chi connectivity index (χ2v) is 36.7. The fourth-order valence-electron chi connectivity index (χ4n) is 22.6. The number of rotatable bonds is 10. The molecular weight excluding hydrogens is 1700 g/mol. The first-order valence-corrected chi connectivity index (χ1v) is 47.7. The van der Waals surface area contributed by atoms with Crippen LogP contribution in [0.15, 0.2) is 473 Å². The molecule has 6 aromatic heterocycles. The zero-order chi connectivity index (χ0) is 91.7. The third-order valence-corrected chi connectivity index (χ3v) is 29.0. The van der Waals surface area contributed by atoms with Crippen LogP contribution in [-0.4, -0.2) is 48.2 Å². The Morgan fingerprint density at radius 2 is 0.500 bits per heavy atom. The Morgan fingerprint density at radius 1 is 0.129 bits per heavy atom. The van der Waals surface area contributed by atoms with Gasteiger partial charge in [0.05, 0.1) is 55.5 Å². The molecule has 10 nitrogen and oxygen atoms in total. The molecular formula is C130H78N10. The number of para-hydroxylation sites is 3. The van der Waals surface area contributed by atoms with Crippen LogP contribution in [0.1, 0.15) is 0 Å². The van der Waals surface area contributed by atoms with Gasteiger partial charge in [0.2, 0.25) is 0 Å². The summed E-state index contributed by atoms with van der Waals surface area (Å²) >= 11 is 0. The molecule has 0 atom stereocenters. The zero-order valence-electron chi connectivity index (χ0n) is 75.5. The van der Waals surface area contributed by atoms with Gasteiger partial charge >= 0.3 is 0 Å². The van der Waals surface area contributed by atoms with E-state index in [2.05, 4.69) is 455 Å². The molecule has 0 aliphatic carbocycles. The van der Waals surface area contributed by atoms with Crippen molar-refractivity contribution in [1.29, 1.82) is 0 Å². The Kier molecular flexibility index (Phi) is 17.6. The minimum atomic E-state index is 0.624. The lowest BCUT2D eigenvalue weighted by atomic mass is 9.96. The smallest absolute Gasteiger partial charge is 0.164 e. The number of hydrogen-bond acceptors (Lipinski definition) is 6. The summed E-state index contributed by atoms with van der Waals surface area (Å²) in [5.74, 6) is 3.78. The molecule has 0 amide bonds. The molecule has 0 spiro atoms. The van der Waals surface area contributed by atoms with Crippen molar-refractivity contribution >= 4 is 195 Å². The van der Waals surface area contributed by atoms with Gasteiger partial charge in [0, 0.05) is 98.6 Å². The maximum atomic E-state index is 5.40. The average Bonchev–Trinajstić information content (AvgIpc) is 1.55. The molecule has 10 heteroatoms. The lowest BCUT2D eigenvalue weighted by Gasteiger charge is -2.16. The van der Waals surface area contributed by atoms with Gasteiger partial charge in [0.25, 0.3) is 0 Å². The largest absolute Gasteiger partial charge is 0.309 e. The minimum absolute atomic E-state index is 0.624. The summed E-state index contributed by atoms with van der Waals surface area (Å²) in [5, 5.41) is 33.3. The van der Waals surface area contributed by atoms with Crippen LogP contribution in [0, 0.1) is 0 Å². The van der Waals surface area contributed by atoms with Crippen molar-refractivity contribution in [2.45, 2.75) is 0 Å². The van der Waals surface area contributed by atoms with Gasteiger partial charge in [-0.2, -0.15) is 0 Å². The third-order valence-electron chi connectivity index (χ3n) is 29.0. The second-order valence-electron chi connectivity index (χ2n) is 36.7. The van der Waals surface area contributed by atoms with E-state index in [1.807, 2.05) is 36.4 Å². The summed E-state index contributed by atoms with van der Waals surface area (Å²) in [6.45, 7) is 0. The van der Waals surface area contributed by atoms with Crippen molar-refractivity contribution in [3.8, 4) is 91.1 Å². The van der Waals surface area contributed by atoms with Gasteiger partial charge in [-0.3, -0.25) is 0 Å². The molecule has 0 aliphatic rings. The van der Waals surface area contributed by atoms with Crippen LogP contribution < -0.4 is 0 Å². The predicted molar refractivity (Wildman–Crippen MR) is 585 cm³/mol. The summed E-state index contributed by atoms with van der Waals surface area (Å²) in [7, 11) is 0. The molecule has 648 valence electrons. The highest BCUT2D eigenvalue weighted by Crippen LogP contribution is 2.48. The summed E-state index contributed by atoms with van der Waals surface area (Å²) in [6.07, 6.45) is 0. The van der Waals surface area contributed by atoms with Gasteiger partial charge in [0.15, 0.2) is 34.9 Å². The van der Waals surface area contributed by atoms with Crippen LogP contribution in [0.25, 0.3) is 286 Å². The quantitative estimate of drug-likeness (QED) is 0.127. The number of aromatic nitrogens is 10. The first-order valence-electron chi connectivity index (χ1n) is 47.7. The van der Waals surface area contributed by atoms with Gasteiger partial charge in [-0.1, -0.05) is 364 Å². The molecule has 6 heterocycles. The van der Waals surface area contributed by atoms with Crippen molar-refractivity contribution in [3.05, 3.63) is 473 Å². The molecule has 0 saturated heterocycles. The van der Waals surface area contributed by atoms with Crippen LogP contribution >= 0.6 is 0 Å². The molecule has 30 rings (SSSR count). The first kappa shape index (κ1) is 78.6. The summed E-state index contributed by atoms with van der Waals surface area (Å²) in [6, 6.07) is 171. The molecule has 30 aromatic rings. The van der Waals surface area contributed by atoms with Gasteiger partial charge in [0.1, 0.15) is 0 Å². The highest BCUT2D eigenvalue weighted by atomic mass is 15.1. The summed E-state index contributed by atoms with van der Waals surface area (Å²) in [5.41, 5.74) is 19.4. The Labute approximate surface area is 801 Å². The fourth-order valence-corrected chi connectivity index (χ4v) is 22.6. The van der Waals surface area contributed by atoms with E-state index < -0.39 is 0 Å². The average molecular weight is 1780 g/mol. The summed E-state index contributed by atoms with van der Waals surface area (Å²) < 4.78 is 9.82. The van der Waals surface area contributed by atoms with Crippen LogP contribution in [-0.2, 0) is 0 Å². The Hall–Kier alpha value is -18.9. The predicted octanol–water partition coefficient (Wildman–Crippen LogP) is 33.7. The van der Waals surface area contributed by atoms with Crippen molar-refractivity contribution in [2.24, 2.45) is 0 Å². The molecule has 0 fully saturated rings. The fraction of sp³-hybridized carbons (Fsp3) is 0. The lowest BCUT2D eigenvalue weighted by Crippen LogP contribution is -2.02. The maximum absolute atomic E-state index is 5.40. The van der Waals surface area contributed by atoms with E-state index >= 15 is 0 Å². The monoisotopic (exact) mass is 1780 g/mol.